The van der Waals surface area contributed by atoms with Crippen molar-refractivity contribution >= 4 is 22.7 Å². The molecule has 1 aromatic carbocycles. The number of benzene rings is 1. The molecule has 1 saturated heterocycles. The summed E-state index contributed by atoms with van der Waals surface area (Å²) in [6.45, 7) is 0. The lowest BCUT2D eigenvalue weighted by atomic mass is 9.84. The van der Waals surface area contributed by atoms with E-state index in [1.165, 1.54) is 0 Å². The smallest absolute Gasteiger partial charge is 0.343 e. The molecule has 1 aliphatic heterocycles. The number of carbonyl (C=O) groups is 2. The largest absolute Gasteiger partial charge is 0.507 e. The van der Waals surface area contributed by atoms with Gasteiger partial charge in [0.1, 0.15) is 23.4 Å². The number of ether oxygens (including phenoxy) is 1. The summed E-state index contributed by atoms with van der Waals surface area (Å²) in [7, 11) is 0. The van der Waals surface area contributed by atoms with Gasteiger partial charge in [0.25, 0.3) is 0 Å². The molecule has 6 heteroatoms. The molecule has 1 fully saturated rings. The molecule has 0 saturated carbocycles. The average Bonchev–Trinajstić information content (AvgIpc) is 2.61. The van der Waals surface area contributed by atoms with Gasteiger partial charge in [-0.05, 0) is 24.6 Å². The van der Waals surface area contributed by atoms with Crippen molar-refractivity contribution in [3.8, 4) is 5.75 Å². The van der Waals surface area contributed by atoms with Crippen LogP contribution in [-0.4, -0.2) is 23.0 Å². The monoisotopic (exact) mass is 338 g/mol. The fraction of sp³-hybridized carbons (Fsp3) is 0.211. The quantitative estimate of drug-likeness (QED) is 0.390. The number of hydrogen-bond acceptors (Lipinski definition) is 6. The van der Waals surface area contributed by atoms with Gasteiger partial charge in [0.05, 0.1) is 10.9 Å². The van der Waals surface area contributed by atoms with Gasteiger partial charge < -0.3 is 14.3 Å². The van der Waals surface area contributed by atoms with E-state index in [9.17, 15) is 19.5 Å². The van der Waals surface area contributed by atoms with Crippen LogP contribution >= 0.6 is 0 Å². The number of rotatable bonds is 2. The third-order valence-corrected chi connectivity index (χ3v) is 4.51. The molecule has 1 N–H and O–H groups in total. The molecule has 0 spiro atoms. The van der Waals surface area contributed by atoms with Crippen molar-refractivity contribution in [2.75, 3.05) is 0 Å². The molecule has 2 atom stereocenters. The third kappa shape index (κ3) is 2.46. The number of fused-ring (bicyclic) bond motifs is 2. The van der Waals surface area contributed by atoms with E-state index in [0.29, 0.717) is 17.4 Å². The molecule has 6 nitrogen and oxygen atoms in total. The van der Waals surface area contributed by atoms with Gasteiger partial charge in [0.2, 0.25) is 0 Å². The summed E-state index contributed by atoms with van der Waals surface area (Å²) >= 11 is 0. The molecule has 4 rings (SSSR count). The van der Waals surface area contributed by atoms with Crippen molar-refractivity contribution in [3.05, 3.63) is 64.1 Å². The van der Waals surface area contributed by atoms with Gasteiger partial charge in [0.15, 0.2) is 5.78 Å². The lowest BCUT2D eigenvalue weighted by Crippen LogP contribution is -2.42. The SMILES string of the molecule is O=C1OC2C=CCC=C2C(=O)C1Cc1c(O)c2ccccc2oc1=O. The minimum absolute atomic E-state index is 0.0978. The highest BCUT2D eigenvalue weighted by Crippen LogP contribution is 2.32. The number of allylic oxidation sites excluding steroid dienone is 2. The summed E-state index contributed by atoms with van der Waals surface area (Å²) in [5.74, 6) is -2.51. The number of ketones is 1. The van der Waals surface area contributed by atoms with E-state index >= 15 is 0 Å². The van der Waals surface area contributed by atoms with Crippen LogP contribution in [0.25, 0.3) is 11.0 Å². The zero-order valence-electron chi connectivity index (χ0n) is 13.1. The third-order valence-electron chi connectivity index (χ3n) is 4.51. The Morgan fingerprint density at radius 3 is 2.80 bits per heavy atom. The Kier molecular flexibility index (Phi) is 3.53. The Bertz CT molecular complexity index is 1010. The van der Waals surface area contributed by atoms with E-state index in [1.807, 2.05) is 6.08 Å². The highest BCUT2D eigenvalue weighted by atomic mass is 16.5. The first kappa shape index (κ1) is 15.4. The van der Waals surface area contributed by atoms with E-state index in [1.54, 1.807) is 36.4 Å². The number of carbonyl (C=O) groups excluding carboxylic acids is 2. The predicted octanol–water partition coefficient (Wildman–Crippen LogP) is 2.04. The van der Waals surface area contributed by atoms with Crippen LogP contribution in [0.15, 0.2) is 57.3 Å². The molecule has 0 bridgehead atoms. The molecule has 2 aromatic rings. The van der Waals surface area contributed by atoms with Gasteiger partial charge in [-0.15, -0.1) is 0 Å². The van der Waals surface area contributed by atoms with Gasteiger partial charge >= 0.3 is 11.6 Å². The normalized spacial score (nSPS) is 22.5. The fourth-order valence-electron chi connectivity index (χ4n) is 3.21. The van der Waals surface area contributed by atoms with Gasteiger partial charge in [-0.25, -0.2) is 4.79 Å². The molecule has 1 aromatic heterocycles. The average molecular weight is 338 g/mol. The van der Waals surface area contributed by atoms with Gasteiger partial charge in [0, 0.05) is 12.0 Å². The molecular weight excluding hydrogens is 324 g/mol. The van der Waals surface area contributed by atoms with Crippen molar-refractivity contribution < 1.29 is 23.8 Å². The van der Waals surface area contributed by atoms with Crippen LogP contribution < -0.4 is 5.63 Å². The predicted molar refractivity (Wildman–Crippen MR) is 88.1 cm³/mol. The molecule has 0 amide bonds. The van der Waals surface area contributed by atoms with E-state index in [4.69, 9.17) is 9.15 Å². The minimum Gasteiger partial charge on any atom is -0.507 e. The van der Waals surface area contributed by atoms with E-state index < -0.39 is 23.6 Å². The maximum absolute atomic E-state index is 12.6. The Morgan fingerprint density at radius 1 is 1.16 bits per heavy atom. The van der Waals surface area contributed by atoms with Crippen LogP contribution in [0.5, 0.6) is 5.75 Å². The molecule has 2 aliphatic rings. The molecule has 126 valence electrons. The second kappa shape index (κ2) is 5.73. The summed E-state index contributed by atoms with van der Waals surface area (Å²) in [5, 5.41) is 10.8. The first-order valence-corrected chi connectivity index (χ1v) is 7.91. The molecule has 2 heterocycles. The molecule has 2 unspecified atom stereocenters. The Balaban J connectivity index is 1.74. The molecular formula is C19H14O6. The van der Waals surface area contributed by atoms with Crippen LogP contribution in [-0.2, 0) is 20.7 Å². The van der Waals surface area contributed by atoms with Crippen LogP contribution in [0.4, 0.5) is 0 Å². The number of para-hydroxylation sites is 1. The molecule has 0 radical (unpaired) electrons. The van der Waals surface area contributed by atoms with Gasteiger partial charge in [-0.1, -0.05) is 24.3 Å². The molecule has 1 aliphatic carbocycles. The van der Waals surface area contributed by atoms with Crippen LogP contribution in [0.2, 0.25) is 0 Å². The molecule has 25 heavy (non-hydrogen) atoms. The first-order chi connectivity index (χ1) is 12.1. The van der Waals surface area contributed by atoms with Crippen molar-refractivity contribution in [3.63, 3.8) is 0 Å². The van der Waals surface area contributed by atoms with Crippen LogP contribution in [0.3, 0.4) is 0 Å². The summed E-state index contributed by atoms with van der Waals surface area (Å²) in [4.78, 5) is 37.1. The number of hydrogen-bond donors (Lipinski definition) is 1. The van der Waals surface area contributed by atoms with E-state index in [0.717, 1.165) is 0 Å². The summed E-state index contributed by atoms with van der Waals surface area (Å²) in [5.41, 5.74) is -0.209. The van der Waals surface area contributed by atoms with E-state index in [2.05, 4.69) is 0 Å². The Labute approximate surface area is 142 Å². The topological polar surface area (TPSA) is 93.8 Å². The fourth-order valence-corrected chi connectivity index (χ4v) is 3.21. The maximum Gasteiger partial charge on any atom is 0.343 e. The standard InChI is InChI=1S/C19H14O6/c20-16-10-5-1-3-7-14(10)24-18(22)12(16)9-13-17(21)11-6-2-4-8-15(11)25-19(13)23/h1,3-8,13,15,20H,2,9H2. The zero-order valence-corrected chi connectivity index (χ0v) is 13.1. The number of Topliss-reactive ketones (excluding diaryl/α,β-unsaturated/α-hetero) is 1. The highest BCUT2D eigenvalue weighted by molar-refractivity contribution is 6.11. The number of esters is 1. The van der Waals surface area contributed by atoms with Crippen molar-refractivity contribution in [2.45, 2.75) is 18.9 Å². The van der Waals surface area contributed by atoms with Crippen LogP contribution in [0, 0.1) is 5.92 Å². The van der Waals surface area contributed by atoms with Crippen molar-refractivity contribution in [2.24, 2.45) is 5.92 Å². The lowest BCUT2D eigenvalue weighted by Gasteiger charge is -2.29. The van der Waals surface area contributed by atoms with Crippen molar-refractivity contribution in [1.82, 2.24) is 0 Å². The summed E-state index contributed by atoms with van der Waals surface area (Å²) < 4.78 is 10.5. The second-order valence-corrected chi connectivity index (χ2v) is 6.01. The highest BCUT2D eigenvalue weighted by Gasteiger charge is 2.41. The van der Waals surface area contributed by atoms with Gasteiger partial charge in [-0.2, -0.15) is 0 Å². The van der Waals surface area contributed by atoms with Crippen LogP contribution in [0.1, 0.15) is 12.0 Å². The zero-order chi connectivity index (χ0) is 17.6. The first-order valence-electron chi connectivity index (χ1n) is 7.91. The second-order valence-electron chi connectivity index (χ2n) is 6.01. The maximum atomic E-state index is 12.6. The van der Waals surface area contributed by atoms with Gasteiger partial charge in [-0.3, -0.25) is 9.59 Å². The lowest BCUT2D eigenvalue weighted by molar-refractivity contribution is -0.157. The summed E-state index contributed by atoms with van der Waals surface area (Å²) in [6, 6.07) is 6.53. The number of aromatic hydroxyl groups is 1. The Hall–Kier alpha value is -3.15. The minimum atomic E-state index is -1.16. The summed E-state index contributed by atoms with van der Waals surface area (Å²) in [6.07, 6.45) is 4.87. The van der Waals surface area contributed by atoms with Crippen molar-refractivity contribution in [1.29, 1.82) is 0 Å². The van der Waals surface area contributed by atoms with E-state index in [-0.39, 0.29) is 29.1 Å². The Morgan fingerprint density at radius 2 is 1.96 bits per heavy atom.